The summed E-state index contributed by atoms with van der Waals surface area (Å²) in [6.07, 6.45) is 2.74. The van der Waals surface area contributed by atoms with Crippen molar-refractivity contribution >= 4 is 36.0 Å². The van der Waals surface area contributed by atoms with Gasteiger partial charge >= 0.3 is 6.09 Å². The molecule has 1 aliphatic rings. The highest BCUT2D eigenvalue weighted by Crippen LogP contribution is 2.32. The molecule has 4 N–H and O–H groups in total. The van der Waals surface area contributed by atoms with Gasteiger partial charge in [-0.15, -0.1) is 24.0 Å². The molecule has 1 saturated carbocycles. The van der Waals surface area contributed by atoms with Crippen LogP contribution in [0.5, 0.6) is 0 Å². The molecule has 1 atom stereocenters. The summed E-state index contributed by atoms with van der Waals surface area (Å²) < 4.78 is 10.1. The zero-order valence-corrected chi connectivity index (χ0v) is 15.8. The lowest BCUT2D eigenvalue weighted by atomic mass is 10.2. The van der Waals surface area contributed by atoms with Gasteiger partial charge in [0.15, 0.2) is 5.96 Å². The summed E-state index contributed by atoms with van der Waals surface area (Å²) >= 11 is 0. The minimum atomic E-state index is -0.382. The van der Waals surface area contributed by atoms with Gasteiger partial charge in [0.25, 0.3) is 0 Å². The molecule has 0 radical (unpaired) electrons. The Morgan fingerprint density at radius 1 is 1.36 bits per heavy atom. The van der Waals surface area contributed by atoms with Gasteiger partial charge in [0.05, 0.1) is 19.2 Å². The average Bonchev–Trinajstić information content (AvgIpc) is 3.28. The molecule has 8 heteroatoms. The quantitative estimate of drug-likeness (QED) is 0.212. The second-order valence-electron chi connectivity index (χ2n) is 5.01. The van der Waals surface area contributed by atoms with E-state index in [-0.39, 0.29) is 36.1 Å². The lowest BCUT2D eigenvalue weighted by Gasteiger charge is -2.16. The Bertz CT molecular complexity index is 338. The number of aliphatic imine (C=N–C) groups is 1. The molecule has 0 aromatic rings. The first-order valence-electron chi connectivity index (χ1n) is 7.72. The first-order chi connectivity index (χ1) is 10.2. The first-order valence-corrected chi connectivity index (χ1v) is 7.72. The molecular formula is C14H29IN4O3. The Kier molecular flexibility index (Phi) is 12.3. The fourth-order valence-corrected chi connectivity index (χ4v) is 1.92. The number of rotatable bonds is 10. The number of nitrogens with one attached hydrogen (secondary N) is 2. The van der Waals surface area contributed by atoms with Crippen molar-refractivity contribution in [3.8, 4) is 0 Å². The number of nitrogens with zero attached hydrogens (tertiary/aromatic N) is 1. The van der Waals surface area contributed by atoms with E-state index in [2.05, 4.69) is 15.6 Å². The Balaban J connectivity index is 0.00000441. The van der Waals surface area contributed by atoms with Crippen molar-refractivity contribution in [3.05, 3.63) is 0 Å². The number of alkyl carbamates (subject to hydrolysis) is 1. The number of ether oxygens (including phenoxy) is 2. The molecule has 130 valence electrons. The Morgan fingerprint density at radius 2 is 2.09 bits per heavy atom. The van der Waals surface area contributed by atoms with Crippen molar-refractivity contribution in [1.29, 1.82) is 0 Å². The fraction of sp³-hybridized carbons (Fsp3) is 0.857. The normalized spacial score (nSPS) is 15.6. The number of hydrogen-bond acceptors (Lipinski definition) is 4. The highest BCUT2D eigenvalue weighted by Gasteiger charge is 2.32. The highest BCUT2D eigenvalue weighted by molar-refractivity contribution is 14.0. The number of nitrogens with two attached hydrogens (primary N) is 1. The summed E-state index contributed by atoms with van der Waals surface area (Å²) in [5.41, 5.74) is 5.80. The van der Waals surface area contributed by atoms with Gasteiger partial charge in [0.1, 0.15) is 0 Å². The van der Waals surface area contributed by atoms with E-state index >= 15 is 0 Å². The van der Waals surface area contributed by atoms with Crippen LogP contribution in [-0.2, 0) is 9.47 Å². The summed E-state index contributed by atoms with van der Waals surface area (Å²) in [7, 11) is 0. The third-order valence-corrected chi connectivity index (χ3v) is 3.20. The molecule has 1 rings (SSSR count). The Labute approximate surface area is 149 Å². The largest absolute Gasteiger partial charge is 0.450 e. The molecule has 0 aromatic heterocycles. The van der Waals surface area contributed by atoms with Gasteiger partial charge in [0.2, 0.25) is 0 Å². The molecule has 1 aliphatic carbocycles. The van der Waals surface area contributed by atoms with Crippen molar-refractivity contribution in [2.45, 2.75) is 39.2 Å². The van der Waals surface area contributed by atoms with Crippen molar-refractivity contribution in [2.75, 3.05) is 32.9 Å². The molecule has 0 heterocycles. The van der Waals surface area contributed by atoms with E-state index in [0.717, 1.165) is 32.4 Å². The van der Waals surface area contributed by atoms with Crippen LogP contribution in [0.25, 0.3) is 0 Å². The average molecular weight is 428 g/mol. The Hall–Kier alpha value is -0.770. The van der Waals surface area contributed by atoms with Crippen LogP contribution in [0.3, 0.4) is 0 Å². The maximum absolute atomic E-state index is 11.5. The van der Waals surface area contributed by atoms with Crippen LogP contribution in [0.15, 0.2) is 4.99 Å². The summed E-state index contributed by atoms with van der Waals surface area (Å²) in [5.74, 6) is 0.895. The van der Waals surface area contributed by atoms with Gasteiger partial charge in [-0.25, -0.2) is 4.79 Å². The summed E-state index contributed by atoms with van der Waals surface area (Å²) in [4.78, 5) is 15.7. The number of guanidine groups is 1. The topological polar surface area (TPSA) is 98.0 Å². The van der Waals surface area contributed by atoms with E-state index in [1.807, 2.05) is 6.92 Å². The van der Waals surface area contributed by atoms with Crippen LogP contribution < -0.4 is 16.4 Å². The molecule has 0 aliphatic heterocycles. The predicted octanol–water partition coefficient (Wildman–Crippen LogP) is 1.46. The standard InChI is InChI=1S/C14H28N4O3.HI/c1-3-20-9-5-8-16-13(15)17-10-12(11-6-7-11)18-14(19)21-4-2;/h11-12H,3-10H2,1-2H3,(H,18,19)(H3,15,16,17);1H. The van der Waals surface area contributed by atoms with E-state index in [0.29, 0.717) is 31.6 Å². The van der Waals surface area contributed by atoms with E-state index < -0.39 is 0 Å². The van der Waals surface area contributed by atoms with Gasteiger partial charge in [-0.2, -0.15) is 0 Å². The predicted molar refractivity (Wildman–Crippen MR) is 97.7 cm³/mol. The number of halogens is 1. The molecule has 0 aromatic carbocycles. The van der Waals surface area contributed by atoms with Crippen molar-refractivity contribution in [3.63, 3.8) is 0 Å². The summed E-state index contributed by atoms with van der Waals surface area (Å²) in [6, 6.07) is 0.00725. The molecule has 1 amide bonds. The molecule has 22 heavy (non-hydrogen) atoms. The number of amides is 1. The number of carbonyl (C=O) groups excluding carboxylic acids is 1. The van der Waals surface area contributed by atoms with Crippen LogP contribution >= 0.6 is 24.0 Å². The zero-order valence-electron chi connectivity index (χ0n) is 13.5. The van der Waals surface area contributed by atoms with E-state index in [9.17, 15) is 4.79 Å². The molecule has 0 spiro atoms. The van der Waals surface area contributed by atoms with Gasteiger partial charge in [0, 0.05) is 19.8 Å². The second kappa shape index (κ2) is 12.7. The number of carbonyl (C=O) groups is 1. The third kappa shape index (κ3) is 10.0. The van der Waals surface area contributed by atoms with Gasteiger partial charge < -0.3 is 25.8 Å². The number of hydrogen-bond donors (Lipinski definition) is 3. The molecule has 0 bridgehead atoms. The van der Waals surface area contributed by atoms with Crippen LogP contribution in [0.2, 0.25) is 0 Å². The van der Waals surface area contributed by atoms with E-state index in [1.165, 1.54) is 0 Å². The maximum Gasteiger partial charge on any atom is 0.407 e. The Morgan fingerprint density at radius 3 is 2.68 bits per heavy atom. The molecule has 1 fully saturated rings. The molecular weight excluding hydrogens is 399 g/mol. The third-order valence-electron chi connectivity index (χ3n) is 3.20. The molecule has 1 unspecified atom stereocenters. The van der Waals surface area contributed by atoms with Crippen LogP contribution in [0, 0.1) is 5.92 Å². The zero-order chi connectivity index (χ0) is 15.5. The van der Waals surface area contributed by atoms with Crippen molar-refractivity contribution in [2.24, 2.45) is 16.6 Å². The van der Waals surface area contributed by atoms with Crippen LogP contribution in [-0.4, -0.2) is 51.0 Å². The highest BCUT2D eigenvalue weighted by atomic mass is 127. The summed E-state index contributed by atoms with van der Waals surface area (Å²) in [5, 5.41) is 5.89. The molecule has 0 saturated heterocycles. The summed E-state index contributed by atoms with van der Waals surface area (Å²) in [6.45, 7) is 6.78. The van der Waals surface area contributed by atoms with Crippen LogP contribution in [0.1, 0.15) is 33.1 Å². The van der Waals surface area contributed by atoms with Crippen LogP contribution in [0.4, 0.5) is 4.79 Å². The lowest BCUT2D eigenvalue weighted by molar-refractivity contribution is 0.145. The smallest absolute Gasteiger partial charge is 0.407 e. The second-order valence-corrected chi connectivity index (χ2v) is 5.01. The van der Waals surface area contributed by atoms with Crippen molar-refractivity contribution < 1.29 is 14.3 Å². The van der Waals surface area contributed by atoms with Gasteiger partial charge in [-0.3, -0.25) is 4.99 Å². The van der Waals surface area contributed by atoms with Gasteiger partial charge in [-0.1, -0.05) is 0 Å². The maximum atomic E-state index is 11.5. The SMILES string of the molecule is CCOCCCNC(N)=NCC(NC(=O)OCC)C1CC1.I. The minimum Gasteiger partial charge on any atom is -0.450 e. The molecule has 7 nitrogen and oxygen atoms in total. The minimum absolute atomic E-state index is 0. The lowest BCUT2D eigenvalue weighted by Crippen LogP contribution is -2.40. The fourth-order valence-electron chi connectivity index (χ4n) is 1.92. The van der Waals surface area contributed by atoms with Crippen molar-refractivity contribution in [1.82, 2.24) is 10.6 Å². The van der Waals surface area contributed by atoms with E-state index in [1.54, 1.807) is 6.92 Å². The monoisotopic (exact) mass is 428 g/mol. The first kappa shape index (κ1) is 21.2. The van der Waals surface area contributed by atoms with Gasteiger partial charge in [-0.05, 0) is 39.0 Å². The van der Waals surface area contributed by atoms with E-state index in [4.69, 9.17) is 15.2 Å².